The van der Waals surface area contributed by atoms with Crippen LogP contribution in [0.5, 0.6) is 17.2 Å². The average molecular weight is 464 g/mol. The van der Waals surface area contributed by atoms with Gasteiger partial charge in [-0.2, -0.15) is 0 Å². The predicted molar refractivity (Wildman–Crippen MR) is 126 cm³/mol. The maximum Gasteiger partial charge on any atom is 0.354 e. The number of benzene rings is 2. The first-order chi connectivity index (χ1) is 15.9. The van der Waals surface area contributed by atoms with Crippen molar-refractivity contribution in [3.63, 3.8) is 0 Å². The molecule has 168 valence electrons. The van der Waals surface area contributed by atoms with Crippen molar-refractivity contribution in [1.82, 2.24) is 4.57 Å². The molecule has 0 saturated heterocycles. The quantitative estimate of drug-likeness (QED) is 0.472. The molecule has 3 heterocycles. The minimum Gasteiger partial charge on any atom is -0.505 e. The molecule has 1 aliphatic rings. The summed E-state index contributed by atoms with van der Waals surface area (Å²) in [5, 5.41) is 11.0. The summed E-state index contributed by atoms with van der Waals surface area (Å²) < 4.78 is 18.0. The number of pyridine rings is 1. The van der Waals surface area contributed by atoms with Crippen LogP contribution in [-0.2, 0) is 6.42 Å². The largest absolute Gasteiger partial charge is 0.505 e. The van der Waals surface area contributed by atoms with Crippen LogP contribution in [0, 0.1) is 0 Å². The van der Waals surface area contributed by atoms with Crippen molar-refractivity contribution in [2.45, 2.75) is 29.2 Å². The van der Waals surface area contributed by atoms with Crippen molar-refractivity contribution in [3.8, 4) is 28.5 Å². The Morgan fingerprint density at radius 3 is 2.45 bits per heavy atom. The van der Waals surface area contributed by atoms with Gasteiger partial charge < -0.3 is 23.6 Å². The number of fused-ring (bicyclic) bond motifs is 4. The van der Waals surface area contributed by atoms with Crippen LogP contribution < -0.4 is 20.7 Å². The maximum absolute atomic E-state index is 13.6. The van der Waals surface area contributed by atoms with Crippen LogP contribution in [0.2, 0.25) is 0 Å². The molecule has 0 radical (unpaired) electrons. The predicted octanol–water partition coefficient (Wildman–Crippen LogP) is 4.61. The van der Waals surface area contributed by atoms with Crippen LogP contribution in [0.15, 0.2) is 72.3 Å². The zero-order valence-corrected chi connectivity index (χ0v) is 19.1. The fourth-order valence-electron chi connectivity index (χ4n) is 4.34. The van der Waals surface area contributed by atoms with Crippen LogP contribution in [0.4, 0.5) is 0 Å². The zero-order valence-electron chi connectivity index (χ0n) is 18.2. The summed E-state index contributed by atoms with van der Waals surface area (Å²) >= 11 is 1.07. The highest BCUT2D eigenvalue weighted by Gasteiger charge is 2.28. The molecule has 2 aromatic heterocycles. The molecule has 33 heavy (non-hydrogen) atoms. The van der Waals surface area contributed by atoms with E-state index in [1.165, 1.54) is 0 Å². The van der Waals surface area contributed by atoms with E-state index in [4.69, 9.17) is 13.9 Å². The molecule has 0 bridgehead atoms. The van der Waals surface area contributed by atoms with Gasteiger partial charge in [-0.25, -0.2) is 4.79 Å². The summed E-state index contributed by atoms with van der Waals surface area (Å²) in [5.41, 5.74) is 1.30. The summed E-state index contributed by atoms with van der Waals surface area (Å²) in [6.07, 6.45) is 0.595. The molecule has 0 fully saturated rings. The van der Waals surface area contributed by atoms with Gasteiger partial charge in [-0.3, -0.25) is 4.79 Å². The monoisotopic (exact) mass is 463 g/mol. The second-order valence-electron chi connectivity index (χ2n) is 7.84. The Kier molecular flexibility index (Phi) is 5.17. The summed E-state index contributed by atoms with van der Waals surface area (Å²) in [7, 11) is 3.12. The first kappa shape index (κ1) is 21.2. The first-order valence-electron chi connectivity index (χ1n) is 10.4. The van der Waals surface area contributed by atoms with Crippen molar-refractivity contribution < 1.29 is 19.0 Å². The maximum atomic E-state index is 13.6. The summed E-state index contributed by atoms with van der Waals surface area (Å²) in [6.45, 7) is 1.94. The molecule has 1 aliphatic heterocycles. The number of aromatic hydroxyl groups is 1. The van der Waals surface area contributed by atoms with E-state index in [0.29, 0.717) is 23.6 Å². The standard InChI is InChI=1S/C25H21NO6S/c1-13-9-14-10-18(30-2)19(31-3)11-16(14)17-12-20-21(24(28)26(13)17)22(27)23(25(29)32-20)33-15-7-5-4-6-8-15/h4-8,10-13,27H,9H2,1-3H3. The van der Waals surface area contributed by atoms with E-state index in [1.807, 2.05) is 49.4 Å². The van der Waals surface area contributed by atoms with Gasteiger partial charge in [0.05, 0.1) is 19.9 Å². The molecule has 7 nitrogen and oxygen atoms in total. The van der Waals surface area contributed by atoms with Crippen molar-refractivity contribution >= 4 is 22.7 Å². The molecule has 5 rings (SSSR count). The SMILES string of the molecule is COc1cc2c(cc1OC)-c1cc3oc(=O)c(Sc4ccccc4)c(O)c3c(=O)n1C(C)C2. The number of hydrogen-bond acceptors (Lipinski definition) is 7. The molecular weight excluding hydrogens is 442 g/mol. The zero-order chi connectivity index (χ0) is 23.3. The summed E-state index contributed by atoms with van der Waals surface area (Å²) in [5.74, 6) is 0.774. The van der Waals surface area contributed by atoms with Gasteiger partial charge in [0, 0.05) is 22.6 Å². The Balaban J connectivity index is 1.76. The van der Waals surface area contributed by atoms with E-state index < -0.39 is 11.2 Å². The van der Waals surface area contributed by atoms with Crippen molar-refractivity contribution in [1.29, 1.82) is 0 Å². The second kappa shape index (κ2) is 8.04. The number of ether oxygens (including phenoxy) is 2. The van der Waals surface area contributed by atoms with E-state index in [-0.39, 0.29) is 27.7 Å². The Morgan fingerprint density at radius 2 is 1.76 bits per heavy atom. The number of aromatic nitrogens is 1. The fraction of sp³-hybridized carbons (Fsp3) is 0.200. The first-order valence-corrected chi connectivity index (χ1v) is 11.2. The summed E-state index contributed by atoms with van der Waals surface area (Å²) in [6, 6.07) is 14.3. The molecule has 0 aliphatic carbocycles. The lowest BCUT2D eigenvalue weighted by Gasteiger charge is -2.28. The third-order valence-corrected chi connectivity index (χ3v) is 6.92. The Bertz CT molecular complexity index is 1510. The number of methoxy groups -OCH3 is 2. The topological polar surface area (TPSA) is 90.9 Å². The molecule has 4 aromatic rings. The molecule has 0 saturated carbocycles. The minimum absolute atomic E-state index is 0.00689. The minimum atomic E-state index is -0.699. The Labute approximate surface area is 193 Å². The van der Waals surface area contributed by atoms with Crippen molar-refractivity contribution in [2.75, 3.05) is 14.2 Å². The van der Waals surface area contributed by atoms with Gasteiger partial charge in [0.1, 0.15) is 15.9 Å². The number of rotatable bonds is 4. The fourth-order valence-corrected chi connectivity index (χ4v) is 5.19. The van der Waals surface area contributed by atoms with Gasteiger partial charge in [0.2, 0.25) is 0 Å². The molecule has 1 atom stereocenters. The highest BCUT2D eigenvalue weighted by Crippen LogP contribution is 2.42. The van der Waals surface area contributed by atoms with Gasteiger partial charge in [0.25, 0.3) is 5.56 Å². The highest BCUT2D eigenvalue weighted by atomic mass is 32.2. The van der Waals surface area contributed by atoms with Crippen molar-refractivity contribution in [2.24, 2.45) is 0 Å². The summed E-state index contributed by atoms with van der Waals surface area (Å²) in [4.78, 5) is 27.1. The molecule has 0 spiro atoms. The van der Waals surface area contributed by atoms with Crippen LogP contribution in [-0.4, -0.2) is 23.9 Å². The van der Waals surface area contributed by atoms with Crippen molar-refractivity contribution in [3.05, 3.63) is 74.9 Å². The van der Waals surface area contributed by atoms with Gasteiger partial charge in [-0.1, -0.05) is 30.0 Å². The molecule has 0 amide bonds. The Hall–Kier alpha value is -3.65. The number of hydrogen-bond donors (Lipinski definition) is 1. The van der Waals surface area contributed by atoms with Crippen LogP contribution in [0.3, 0.4) is 0 Å². The van der Waals surface area contributed by atoms with E-state index in [2.05, 4.69) is 0 Å². The van der Waals surface area contributed by atoms with Gasteiger partial charge in [-0.05, 0) is 43.2 Å². The third kappa shape index (κ3) is 3.38. The van der Waals surface area contributed by atoms with E-state index in [1.54, 1.807) is 24.9 Å². The van der Waals surface area contributed by atoms with Gasteiger partial charge >= 0.3 is 5.63 Å². The molecule has 1 unspecified atom stereocenters. The Morgan fingerprint density at radius 1 is 1.06 bits per heavy atom. The smallest absolute Gasteiger partial charge is 0.354 e. The normalized spacial score (nSPS) is 14.6. The van der Waals surface area contributed by atoms with Crippen LogP contribution in [0.1, 0.15) is 18.5 Å². The van der Waals surface area contributed by atoms with Crippen LogP contribution >= 0.6 is 11.8 Å². The third-order valence-electron chi connectivity index (χ3n) is 5.85. The van der Waals surface area contributed by atoms with Gasteiger partial charge in [0.15, 0.2) is 17.2 Å². The highest BCUT2D eigenvalue weighted by molar-refractivity contribution is 7.99. The second-order valence-corrected chi connectivity index (χ2v) is 8.93. The molecule has 1 N–H and O–H groups in total. The lowest BCUT2D eigenvalue weighted by Crippen LogP contribution is -2.30. The molecule has 2 aromatic carbocycles. The average Bonchev–Trinajstić information content (AvgIpc) is 2.81. The lowest BCUT2D eigenvalue weighted by atomic mass is 9.92. The van der Waals surface area contributed by atoms with Gasteiger partial charge in [-0.15, -0.1) is 0 Å². The lowest BCUT2D eigenvalue weighted by molar-refractivity contribution is 0.354. The van der Waals surface area contributed by atoms with E-state index in [0.717, 1.165) is 27.8 Å². The molecular formula is C25H21NO6S. The molecule has 8 heteroatoms. The van der Waals surface area contributed by atoms with E-state index in [9.17, 15) is 14.7 Å². The van der Waals surface area contributed by atoms with Crippen LogP contribution in [0.25, 0.3) is 22.2 Å². The number of nitrogens with zero attached hydrogens (tertiary/aromatic N) is 1. The van der Waals surface area contributed by atoms with E-state index >= 15 is 0 Å².